The Kier molecular flexibility index (Phi) is 3.93. The second-order valence-corrected chi connectivity index (χ2v) is 7.14. The lowest BCUT2D eigenvalue weighted by Crippen LogP contribution is -2.49. The van der Waals surface area contributed by atoms with Gasteiger partial charge in [0, 0.05) is 25.2 Å². The van der Waals surface area contributed by atoms with E-state index < -0.39 is 21.7 Å². The molecule has 2 rings (SSSR count). The minimum Gasteiger partial charge on any atom is -0.468 e. The minimum absolute atomic E-state index is 0.00148. The van der Waals surface area contributed by atoms with E-state index in [0.717, 1.165) is 25.7 Å². The van der Waals surface area contributed by atoms with E-state index in [1.54, 1.807) is 7.05 Å². The van der Waals surface area contributed by atoms with E-state index in [2.05, 4.69) is 10.1 Å². The standard InChI is InChI=1S/C11H20N2O4S/c1-13(18(15,16)7-11(14)17-2)10-5-8-3-4-9(6-10)12-8/h8-10,12H,3-7H2,1-2H3. The van der Waals surface area contributed by atoms with Gasteiger partial charge in [0.2, 0.25) is 10.0 Å². The van der Waals surface area contributed by atoms with Crippen LogP contribution in [-0.2, 0) is 19.6 Å². The highest BCUT2D eigenvalue weighted by atomic mass is 32.2. The van der Waals surface area contributed by atoms with Gasteiger partial charge in [-0.05, 0) is 25.7 Å². The Morgan fingerprint density at radius 2 is 1.89 bits per heavy atom. The van der Waals surface area contributed by atoms with Crippen LogP contribution < -0.4 is 5.32 Å². The van der Waals surface area contributed by atoms with Crippen LogP contribution in [0.15, 0.2) is 0 Å². The highest BCUT2D eigenvalue weighted by molar-refractivity contribution is 7.89. The van der Waals surface area contributed by atoms with Gasteiger partial charge < -0.3 is 10.1 Å². The average Bonchev–Trinajstić information content (AvgIpc) is 2.66. The Balaban J connectivity index is 2.02. The van der Waals surface area contributed by atoms with E-state index in [0.29, 0.717) is 12.1 Å². The second kappa shape index (κ2) is 5.14. The number of hydrogen-bond donors (Lipinski definition) is 1. The van der Waals surface area contributed by atoms with Crippen LogP contribution in [0.25, 0.3) is 0 Å². The summed E-state index contributed by atoms with van der Waals surface area (Å²) in [6.07, 6.45) is 3.89. The monoisotopic (exact) mass is 276 g/mol. The topological polar surface area (TPSA) is 75.7 Å². The predicted octanol–water partition coefficient (Wildman–Crippen LogP) is -0.296. The summed E-state index contributed by atoms with van der Waals surface area (Å²) < 4.78 is 29.9. The van der Waals surface area contributed by atoms with Crippen LogP contribution in [0.3, 0.4) is 0 Å². The molecule has 0 saturated carbocycles. The molecule has 2 unspecified atom stereocenters. The normalized spacial score (nSPS) is 31.6. The van der Waals surface area contributed by atoms with Crippen LogP contribution in [0.5, 0.6) is 0 Å². The van der Waals surface area contributed by atoms with Gasteiger partial charge in [-0.25, -0.2) is 12.7 Å². The van der Waals surface area contributed by atoms with Gasteiger partial charge in [0.15, 0.2) is 5.75 Å². The zero-order valence-electron chi connectivity index (χ0n) is 10.8. The number of nitrogens with one attached hydrogen (secondary N) is 1. The van der Waals surface area contributed by atoms with Crippen LogP contribution in [0.2, 0.25) is 0 Å². The number of hydrogen-bond acceptors (Lipinski definition) is 5. The smallest absolute Gasteiger partial charge is 0.322 e. The molecule has 7 heteroatoms. The number of rotatable bonds is 4. The fraction of sp³-hybridized carbons (Fsp3) is 0.909. The maximum atomic E-state index is 12.0. The summed E-state index contributed by atoms with van der Waals surface area (Å²) in [7, 11) is -0.799. The van der Waals surface area contributed by atoms with Crippen molar-refractivity contribution in [3.63, 3.8) is 0 Å². The van der Waals surface area contributed by atoms with Crippen molar-refractivity contribution in [2.75, 3.05) is 19.9 Å². The molecule has 0 radical (unpaired) electrons. The lowest BCUT2D eigenvalue weighted by atomic mass is 10.0. The molecule has 0 aliphatic carbocycles. The number of nitrogens with zero attached hydrogens (tertiary/aromatic N) is 1. The molecule has 0 spiro atoms. The zero-order valence-corrected chi connectivity index (χ0v) is 11.6. The molecule has 104 valence electrons. The van der Waals surface area contributed by atoms with E-state index in [1.807, 2.05) is 0 Å². The van der Waals surface area contributed by atoms with E-state index in [-0.39, 0.29) is 6.04 Å². The Morgan fingerprint density at radius 1 is 1.33 bits per heavy atom. The van der Waals surface area contributed by atoms with Crippen molar-refractivity contribution >= 4 is 16.0 Å². The van der Waals surface area contributed by atoms with Crippen molar-refractivity contribution < 1.29 is 17.9 Å². The van der Waals surface area contributed by atoms with Crippen LogP contribution in [0.4, 0.5) is 0 Å². The summed E-state index contributed by atoms with van der Waals surface area (Å²) in [4.78, 5) is 11.1. The van der Waals surface area contributed by atoms with Crippen LogP contribution in [0.1, 0.15) is 25.7 Å². The minimum atomic E-state index is -3.56. The molecule has 1 N–H and O–H groups in total. The van der Waals surface area contributed by atoms with Crippen molar-refractivity contribution in [1.82, 2.24) is 9.62 Å². The Labute approximate surface area is 108 Å². The SMILES string of the molecule is COC(=O)CS(=O)(=O)N(C)C1CC2CCC(C1)N2. The third-order valence-corrected chi connectivity index (χ3v) is 5.71. The van der Waals surface area contributed by atoms with Gasteiger partial charge in [-0.2, -0.15) is 0 Å². The number of fused-ring (bicyclic) bond motifs is 2. The summed E-state index contributed by atoms with van der Waals surface area (Å²) in [5, 5.41) is 3.47. The van der Waals surface area contributed by atoms with Crippen LogP contribution in [-0.4, -0.2) is 56.7 Å². The molecule has 2 bridgehead atoms. The van der Waals surface area contributed by atoms with E-state index in [4.69, 9.17) is 0 Å². The summed E-state index contributed by atoms with van der Waals surface area (Å²) in [5.74, 6) is -1.28. The maximum absolute atomic E-state index is 12.0. The number of piperidine rings is 1. The third kappa shape index (κ3) is 2.84. The van der Waals surface area contributed by atoms with E-state index in [9.17, 15) is 13.2 Å². The number of methoxy groups -OCH3 is 1. The van der Waals surface area contributed by atoms with Gasteiger partial charge in [0.1, 0.15) is 0 Å². The number of sulfonamides is 1. The molecular weight excluding hydrogens is 256 g/mol. The van der Waals surface area contributed by atoms with E-state index in [1.165, 1.54) is 11.4 Å². The van der Waals surface area contributed by atoms with Crippen molar-refractivity contribution in [3.8, 4) is 0 Å². The third-order valence-electron chi connectivity index (χ3n) is 3.93. The number of ether oxygens (including phenoxy) is 1. The number of carbonyl (C=O) groups is 1. The van der Waals surface area contributed by atoms with Gasteiger partial charge >= 0.3 is 5.97 Å². The molecule has 2 saturated heterocycles. The highest BCUT2D eigenvalue weighted by Gasteiger charge is 2.38. The molecule has 0 amide bonds. The Hall–Kier alpha value is -0.660. The summed E-state index contributed by atoms with van der Waals surface area (Å²) in [5.41, 5.74) is 0. The summed E-state index contributed by atoms with van der Waals surface area (Å²) in [6, 6.07) is 0.840. The van der Waals surface area contributed by atoms with Gasteiger partial charge in [-0.15, -0.1) is 0 Å². The number of carbonyl (C=O) groups excluding carboxylic acids is 1. The molecule has 2 aliphatic rings. The van der Waals surface area contributed by atoms with Crippen molar-refractivity contribution in [3.05, 3.63) is 0 Å². The maximum Gasteiger partial charge on any atom is 0.322 e. The van der Waals surface area contributed by atoms with Gasteiger partial charge in [-0.3, -0.25) is 4.79 Å². The summed E-state index contributed by atoms with van der Waals surface area (Å²) >= 11 is 0. The summed E-state index contributed by atoms with van der Waals surface area (Å²) in [6.45, 7) is 0. The quantitative estimate of drug-likeness (QED) is 0.714. The molecule has 2 fully saturated rings. The molecular formula is C11H20N2O4S. The fourth-order valence-corrected chi connectivity index (χ4v) is 4.11. The van der Waals surface area contributed by atoms with Gasteiger partial charge in [0.05, 0.1) is 7.11 Å². The van der Waals surface area contributed by atoms with Crippen molar-refractivity contribution in [2.45, 2.75) is 43.8 Å². The predicted molar refractivity (Wildman–Crippen MR) is 66.5 cm³/mol. The van der Waals surface area contributed by atoms with Gasteiger partial charge in [-0.1, -0.05) is 0 Å². The van der Waals surface area contributed by atoms with Crippen molar-refractivity contribution in [2.24, 2.45) is 0 Å². The highest BCUT2D eigenvalue weighted by Crippen LogP contribution is 2.30. The largest absolute Gasteiger partial charge is 0.468 e. The Morgan fingerprint density at radius 3 is 2.39 bits per heavy atom. The fourth-order valence-electron chi connectivity index (χ4n) is 2.86. The molecule has 2 heterocycles. The van der Waals surface area contributed by atoms with Crippen LogP contribution >= 0.6 is 0 Å². The molecule has 2 atom stereocenters. The van der Waals surface area contributed by atoms with Crippen molar-refractivity contribution in [1.29, 1.82) is 0 Å². The molecule has 0 aromatic rings. The molecule has 6 nitrogen and oxygen atoms in total. The lowest BCUT2D eigenvalue weighted by molar-refractivity contribution is -0.137. The lowest BCUT2D eigenvalue weighted by Gasteiger charge is -2.34. The molecule has 18 heavy (non-hydrogen) atoms. The molecule has 2 aliphatic heterocycles. The molecule has 0 aromatic heterocycles. The van der Waals surface area contributed by atoms with Crippen LogP contribution in [0, 0.1) is 0 Å². The first-order valence-electron chi connectivity index (χ1n) is 6.21. The van der Waals surface area contributed by atoms with Gasteiger partial charge in [0.25, 0.3) is 0 Å². The first kappa shape index (κ1) is 13.8. The first-order chi connectivity index (χ1) is 8.42. The Bertz CT molecular complexity index is 411. The first-order valence-corrected chi connectivity index (χ1v) is 7.82. The zero-order chi connectivity index (χ0) is 13.3. The molecule has 0 aromatic carbocycles. The van der Waals surface area contributed by atoms with E-state index >= 15 is 0 Å². The number of esters is 1. The average molecular weight is 276 g/mol. The second-order valence-electron chi connectivity index (χ2n) is 5.11.